The first-order valence-corrected chi connectivity index (χ1v) is 20.3. The largest absolute Gasteiger partial charge is 0.484 e. The van der Waals surface area contributed by atoms with Crippen LogP contribution in [-0.2, 0) is 9.53 Å². The third-order valence-corrected chi connectivity index (χ3v) is 14.6. The highest BCUT2D eigenvalue weighted by Gasteiger charge is 2.59. The van der Waals surface area contributed by atoms with Crippen LogP contribution in [0.25, 0.3) is 0 Å². The summed E-state index contributed by atoms with van der Waals surface area (Å²) >= 11 is 6.88. The number of carbonyl (C=O) groups excluding carboxylic acids is 1. The summed E-state index contributed by atoms with van der Waals surface area (Å²) in [6.07, 6.45) is 18.0. The molecule has 0 spiro atoms. The maximum absolute atomic E-state index is 12.6. The minimum Gasteiger partial charge on any atom is -0.484 e. The van der Waals surface area contributed by atoms with Gasteiger partial charge in [0.05, 0.1) is 19.9 Å². The van der Waals surface area contributed by atoms with Gasteiger partial charge < -0.3 is 9.47 Å². The minimum absolute atomic E-state index is 0.111. The molecule has 0 aliphatic heterocycles. The van der Waals surface area contributed by atoms with E-state index in [2.05, 4.69) is 121 Å². The smallest absolute Gasteiger partial charge is 0.172 e. The number of hydrogen-bond acceptors (Lipinski definition) is 3. The van der Waals surface area contributed by atoms with E-state index < -0.39 is 0 Å². The molecule has 1 aromatic rings. The minimum atomic E-state index is 0.111. The summed E-state index contributed by atoms with van der Waals surface area (Å²) in [5.41, 5.74) is 2.56. The van der Waals surface area contributed by atoms with Gasteiger partial charge in [-0.25, -0.2) is 0 Å². The molecule has 0 saturated heterocycles. The number of allylic oxidation sites excluding steroid dienone is 1. The van der Waals surface area contributed by atoms with Crippen molar-refractivity contribution < 1.29 is 14.3 Å². The zero-order chi connectivity index (χ0) is 30.9. The zero-order valence-electron chi connectivity index (χ0n) is 27.0. The van der Waals surface area contributed by atoms with Crippen molar-refractivity contribution in [3.05, 3.63) is 34.5 Å². The third kappa shape index (κ3) is 7.68. The number of hydrogen-bond donors (Lipinski definition) is 0. The summed E-state index contributed by atoms with van der Waals surface area (Å²) in [4.78, 5) is 12.6. The van der Waals surface area contributed by atoms with E-state index in [1.54, 1.807) is 5.57 Å². The van der Waals surface area contributed by atoms with Crippen molar-refractivity contribution in [2.45, 2.75) is 118 Å². The van der Waals surface area contributed by atoms with Gasteiger partial charge in [-0.3, -0.25) is 4.79 Å². The molecule has 0 N–H and O–H groups in total. The molecule has 3 unspecified atom stereocenters. The summed E-state index contributed by atoms with van der Waals surface area (Å²) < 4.78 is 15.5. The molecular weight excluding hydrogens is 873 g/mol. The maximum atomic E-state index is 12.6. The van der Waals surface area contributed by atoms with E-state index in [1.807, 2.05) is 0 Å². The Balaban J connectivity index is 1.12. The fraction of sp³-hybridized carbons (Fsp3) is 0.757. The molecule has 4 aliphatic carbocycles. The molecule has 5 rings (SSSR count). The van der Waals surface area contributed by atoms with E-state index in [0.717, 1.165) is 61.2 Å². The normalized spacial score (nSPS) is 34.3. The average Bonchev–Trinajstić information content (AvgIpc) is 3.29. The van der Waals surface area contributed by atoms with Crippen LogP contribution >= 0.6 is 67.8 Å². The highest BCUT2D eigenvalue weighted by molar-refractivity contribution is 14.1. The summed E-state index contributed by atoms with van der Waals surface area (Å²) in [5, 5.41) is 0. The number of rotatable bonds is 12. The maximum Gasteiger partial charge on any atom is 0.172 e. The Morgan fingerprint density at radius 3 is 2.44 bits per heavy atom. The van der Waals surface area contributed by atoms with Gasteiger partial charge in [-0.2, -0.15) is 0 Å². The van der Waals surface area contributed by atoms with Crippen LogP contribution in [0.5, 0.6) is 5.75 Å². The van der Waals surface area contributed by atoms with Crippen LogP contribution in [0.4, 0.5) is 0 Å². The first-order chi connectivity index (χ1) is 20.4. The molecule has 3 saturated carbocycles. The summed E-state index contributed by atoms with van der Waals surface area (Å²) in [5.74, 6) is 6.17. The van der Waals surface area contributed by atoms with Crippen molar-refractivity contribution in [3.63, 3.8) is 0 Å². The third-order valence-electron chi connectivity index (χ3n) is 12.3. The van der Waals surface area contributed by atoms with E-state index >= 15 is 0 Å². The lowest BCUT2D eigenvalue weighted by molar-refractivity contribution is -0.123. The number of carbonyl (C=O) groups is 1. The van der Waals surface area contributed by atoms with Gasteiger partial charge in [0.15, 0.2) is 5.78 Å². The van der Waals surface area contributed by atoms with E-state index in [-0.39, 0.29) is 18.5 Å². The second kappa shape index (κ2) is 14.8. The standard InChI is InChI=1S/C37H53I3O3/c1-23(2)7-6-8-24(3)30-11-12-31-29-10-9-25-19-28(13-16-36(25,4)32(29)14-17-37(30,31)5)42-18-15-27(41)22-43-35-33(39)20-26(38)21-34(35)40/h9,20-21,23-24,28-32H,6-8,10-19,22H2,1-5H3/t24-,28+,29?,30-,31?,32?,36+,37-/m1/s1. The van der Waals surface area contributed by atoms with Crippen LogP contribution in [0.2, 0.25) is 0 Å². The lowest BCUT2D eigenvalue weighted by atomic mass is 9.47. The van der Waals surface area contributed by atoms with E-state index in [0.29, 0.717) is 23.9 Å². The summed E-state index contributed by atoms with van der Waals surface area (Å²) in [6.45, 7) is 13.2. The average molecular weight is 927 g/mol. The molecule has 1 aromatic carbocycles. The quantitative estimate of drug-likeness (QED) is 0.155. The highest BCUT2D eigenvalue weighted by atomic mass is 127. The predicted molar refractivity (Wildman–Crippen MR) is 202 cm³/mol. The van der Waals surface area contributed by atoms with Crippen molar-refractivity contribution in [2.24, 2.45) is 46.3 Å². The van der Waals surface area contributed by atoms with Gasteiger partial charge in [0, 0.05) is 9.99 Å². The Hall–Kier alpha value is 0.580. The molecule has 6 heteroatoms. The van der Waals surface area contributed by atoms with Gasteiger partial charge >= 0.3 is 0 Å². The van der Waals surface area contributed by atoms with Crippen LogP contribution in [0.1, 0.15) is 112 Å². The molecule has 43 heavy (non-hydrogen) atoms. The number of ketones is 1. The molecule has 0 radical (unpaired) electrons. The summed E-state index contributed by atoms with van der Waals surface area (Å²) in [6, 6.07) is 4.16. The van der Waals surface area contributed by atoms with Crippen LogP contribution in [0.3, 0.4) is 0 Å². The van der Waals surface area contributed by atoms with Gasteiger partial charge in [0.1, 0.15) is 12.4 Å². The Kier molecular flexibility index (Phi) is 12.0. The molecule has 0 heterocycles. The monoisotopic (exact) mass is 926 g/mol. The number of fused-ring (bicyclic) bond motifs is 5. The number of ether oxygens (including phenoxy) is 2. The van der Waals surface area contributed by atoms with E-state index in [9.17, 15) is 4.79 Å². The Labute approximate surface area is 302 Å². The molecule has 0 bridgehead atoms. The Morgan fingerprint density at radius 1 is 0.977 bits per heavy atom. The van der Waals surface area contributed by atoms with Gasteiger partial charge in [-0.05, 0) is 178 Å². The number of halogens is 3. The number of benzene rings is 1. The fourth-order valence-corrected chi connectivity index (χ4v) is 13.9. The second-order valence-electron chi connectivity index (χ2n) is 15.3. The highest BCUT2D eigenvalue weighted by Crippen LogP contribution is 2.67. The van der Waals surface area contributed by atoms with Gasteiger partial charge in [-0.15, -0.1) is 0 Å². The summed E-state index contributed by atoms with van der Waals surface area (Å²) in [7, 11) is 0. The second-order valence-corrected chi connectivity index (χ2v) is 18.9. The SMILES string of the molecule is CC(C)CCC[C@@H](C)[C@H]1CCC2C3CC=C4C[C@@H](OCCC(=O)COc5c(I)cc(I)cc5I)CC[C@]4(C)C3CC[C@@]21C. The number of Topliss-reactive ketones (excluding diaryl/α,β-unsaturated/α-hetero) is 1. The van der Waals surface area contributed by atoms with Crippen LogP contribution in [-0.4, -0.2) is 25.1 Å². The molecule has 3 fully saturated rings. The predicted octanol–water partition coefficient (Wildman–Crippen LogP) is 11.3. The van der Waals surface area contributed by atoms with Crippen LogP contribution in [0, 0.1) is 57.0 Å². The molecule has 8 atom stereocenters. The van der Waals surface area contributed by atoms with E-state index in [1.165, 1.54) is 61.4 Å². The molecule has 4 aliphatic rings. The van der Waals surface area contributed by atoms with Crippen molar-refractivity contribution in [3.8, 4) is 5.75 Å². The van der Waals surface area contributed by atoms with E-state index in [4.69, 9.17) is 9.47 Å². The molecule has 0 aromatic heterocycles. The van der Waals surface area contributed by atoms with Gasteiger partial charge in [0.25, 0.3) is 0 Å². The zero-order valence-corrected chi connectivity index (χ0v) is 33.5. The lowest BCUT2D eigenvalue weighted by Gasteiger charge is -2.58. The van der Waals surface area contributed by atoms with Gasteiger partial charge in [0.2, 0.25) is 0 Å². The van der Waals surface area contributed by atoms with Crippen molar-refractivity contribution >= 4 is 73.6 Å². The lowest BCUT2D eigenvalue weighted by Crippen LogP contribution is -2.51. The van der Waals surface area contributed by atoms with Crippen molar-refractivity contribution in [1.29, 1.82) is 0 Å². The first-order valence-electron chi connectivity index (χ1n) is 17.0. The van der Waals surface area contributed by atoms with Gasteiger partial charge in [-0.1, -0.05) is 65.5 Å². The first kappa shape index (κ1) is 34.9. The van der Waals surface area contributed by atoms with Crippen molar-refractivity contribution in [1.82, 2.24) is 0 Å². The molecular formula is C37H53I3O3. The Bertz CT molecular complexity index is 1160. The molecule has 0 amide bonds. The fourth-order valence-electron chi connectivity index (χ4n) is 10.0. The molecule has 240 valence electrons. The Morgan fingerprint density at radius 2 is 1.72 bits per heavy atom. The topological polar surface area (TPSA) is 35.5 Å². The van der Waals surface area contributed by atoms with Crippen molar-refractivity contribution in [2.75, 3.05) is 13.2 Å². The molecule has 3 nitrogen and oxygen atoms in total. The van der Waals surface area contributed by atoms with Crippen LogP contribution in [0.15, 0.2) is 23.8 Å². The van der Waals surface area contributed by atoms with Crippen LogP contribution < -0.4 is 4.74 Å².